The molecule has 3 aliphatic heterocycles. The van der Waals surface area contributed by atoms with Gasteiger partial charge in [-0.2, -0.15) is 0 Å². The van der Waals surface area contributed by atoms with Crippen molar-refractivity contribution in [2.75, 3.05) is 13.2 Å². The highest BCUT2D eigenvalue weighted by Gasteiger charge is 2.49. The third-order valence-corrected chi connectivity index (χ3v) is 2.99. The fourth-order valence-corrected chi connectivity index (χ4v) is 2.13. The summed E-state index contributed by atoms with van der Waals surface area (Å²) in [6.45, 7) is 1.17. The second-order valence-corrected chi connectivity index (χ2v) is 4.03. The maximum absolute atomic E-state index is 5.73. The van der Waals surface area contributed by atoms with E-state index in [0.29, 0.717) is 13.2 Å². The first-order chi connectivity index (χ1) is 7.83. The summed E-state index contributed by atoms with van der Waals surface area (Å²) in [5.74, 6) is 1.39. The monoisotopic (exact) mass is 216 g/mol. The Labute approximate surface area is 94.3 Å². The van der Waals surface area contributed by atoms with Gasteiger partial charge in [0, 0.05) is 5.92 Å². The second kappa shape index (κ2) is 3.60. The zero-order chi connectivity index (χ0) is 11.0. The minimum atomic E-state index is -1.27. The summed E-state index contributed by atoms with van der Waals surface area (Å²) in [6.07, 6.45) is 5.36. The van der Waals surface area contributed by atoms with E-state index < -0.39 is 5.97 Å². The lowest BCUT2D eigenvalue weighted by atomic mass is 9.94. The molecule has 1 aromatic carbocycles. The minimum absolute atomic E-state index is 0.0280. The van der Waals surface area contributed by atoms with Crippen molar-refractivity contribution in [1.82, 2.24) is 0 Å². The Morgan fingerprint density at radius 1 is 1.19 bits per heavy atom. The van der Waals surface area contributed by atoms with Gasteiger partial charge in [0.25, 0.3) is 0 Å². The Hall–Kier alpha value is -1.34. The lowest BCUT2D eigenvalue weighted by Crippen LogP contribution is -2.54. The molecule has 0 saturated carbocycles. The summed E-state index contributed by atoms with van der Waals surface area (Å²) in [4.78, 5) is 0. The molecule has 3 aliphatic rings. The Morgan fingerprint density at radius 2 is 1.88 bits per heavy atom. The molecule has 0 amide bonds. The summed E-state index contributed by atoms with van der Waals surface area (Å²) >= 11 is 0. The smallest absolute Gasteiger partial charge is 0.316 e. The van der Waals surface area contributed by atoms with Gasteiger partial charge < -0.3 is 14.2 Å². The van der Waals surface area contributed by atoms with Crippen LogP contribution in [0.4, 0.5) is 0 Å². The van der Waals surface area contributed by atoms with E-state index in [2.05, 4.69) is 5.92 Å². The highest BCUT2D eigenvalue weighted by molar-refractivity contribution is 5.20. The predicted molar refractivity (Wildman–Crippen MR) is 57.2 cm³/mol. The van der Waals surface area contributed by atoms with Crippen molar-refractivity contribution in [1.29, 1.82) is 0 Å². The Bertz CT molecular complexity index is 413. The van der Waals surface area contributed by atoms with Crippen LogP contribution in [0.25, 0.3) is 0 Å². The molecule has 0 spiro atoms. The molecule has 3 nitrogen and oxygen atoms in total. The molecule has 3 fully saturated rings. The maximum atomic E-state index is 5.73. The molecular weight excluding hydrogens is 204 g/mol. The number of fused-ring (bicyclic) bond motifs is 3. The van der Waals surface area contributed by atoms with Crippen molar-refractivity contribution < 1.29 is 14.2 Å². The first-order valence-electron chi connectivity index (χ1n) is 5.31. The Kier molecular flexibility index (Phi) is 2.22. The summed E-state index contributed by atoms with van der Waals surface area (Å²) in [6, 6.07) is 10.0. The van der Waals surface area contributed by atoms with Gasteiger partial charge in [0.05, 0.1) is 19.3 Å². The van der Waals surface area contributed by atoms with E-state index in [9.17, 15) is 0 Å². The molecular formula is C13H12O3. The van der Waals surface area contributed by atoms with E-state index in [1.54, 1.807) is 0 Å². The third-order valence-electron chi connectivity index (χ3n) is 2.99. The first kappa shape index (κ1) is 9.86. The highest BCUT2D eigenvalue weighted by atomic mass is 16.9. The van der Waals surface area contributed by atoms with Gasteiger partial charge >= 0.3 is 5.97 Å². The van der Waals surface area contributed by atoms with Gasteiger partial charge in [0.15, 0.2) is 0 Å². The highest BCUT2D eigenvalue weighted by Crippen LogP contribution is 2.42. The van der Waals surface area contributed by atoms with Crippen LogP contribution in [0.5, 0.6) is 0 Å². The number of hydrogen-bond donors (Lipinski definition) is 0. The molecule has 1 aromatic rings. The molecule has 0 aliphatic carbocycles. The van der Waals surface area contributed by atoms with Gasteiger partial charge in [-0.25, -0.2) is 0 Å². The van der Waals surface area contributed by atoms with Gasteiger partial charge in [0.2, 0.25) is 0 Å². The van der Waals surface area contributed by atoms with Crippen LogP contribution in [0.3, 0.4) is 0 Å². The summed E-state index contributed by atoms with van der Waals surface area (Å²) < 4.78 is 16.5. The summed E-state index contributed by atoms with van der Waals surface area (Å²) in [5.41, 5.74) is 1.12. The number of ether oxygens (including phenoxy) is 3. The molecule has 0 N–H and O–H groups in total. The second-order valence-electron chi connectivity index (χ2n) is 4.03. The van der Waals surface area contributed by atoms with Crippen LogP contribution in [0.15, 0.2) is 30.3 Å². The van der Waals surface area contributed by atoms with E-state index >= 15 is 0 Å². The summed E-state index contributed by atoms with van der Waals surface area (Å²) in [7, 11) is 0. The molecule has 3 saturated heterocycles. The Balaban J connectivity index is 1.91. The first-order valence-corrected chi connectivity index (χ1v) is 5.31. The van der Waals surface area contributed by atoms with Gasteiger partial charge in [-0.3, -0.25) is 0 Å². The standard InChI is InChI=1S/C13H12O3/c1-2-13-14-8-11(9-15-13)12(16-13)10-6-4-3-5-7-10/h1,3-7,11-12H,8-9H2. The summed E-state index contributed by atoms with van der Waals surface area (Å²) in [5, 5.41) is 0. The van der Waals surface area contributed by atoms with Crippen molar-refractivity contribution >= 4 is 0 Å². The molecule has 3 heterocycles. The van der Waals surface area contributed by atoms with Crippen molar-refractivity contribution in [2.24, 2.45) is 5.92 Å². The number of benzene rings is 1. The fraction of sp³-hybridized carbons (Fsp3) is 0.385. The van der Waals surface area contributed by atoms with Crippen LogP contribution in [0, 0.1) is 18.3 Å². The van der Waals surface area contributed by atoms with Gasteiger partial charge in [-0.1, -0.05) is 30.3 Å². The molecule has 3 heteroatoms. The molecule has 0 radical (unpaired) electrons. The molecule has 2 bridgehead atoms. The molecule has 4 rings (SSSR count). The lowest BCUT2D eigenvalue weighted by molar-refractivity contribution is -0.440. The van der Waals surface area contributed by atoms with Crippen molar-refractivity contribution in [3.63, 3.8) is 0 Å². The predicted octanol–water partition coefficient (Wildman–Crippen LogP) is 1.71. The molecule has 0 aromatic heterocycles. The SMILES string of the molecule is C#CC12OCC(CO1)C(c1ccccc1)O2. The van der Waals surface area contributed by atoms with E-state index in [1.165, 1.54) is 0 Å². The quantitative estimate of drug-likeness (QED) is 0.669. The van der Waals surface area contributed by atoms with Crippen LogP contribution in [0.1, 0.15) is 11.7 Å². The lowest BCUT2D eigenvalue weighted by Gasteiger charge is -2.46. The third kappa shape index (κ3) is 1.43. The molecule has 1 unspecified atom stereocenters. The zero-order valence-corrected chi connectivity index (χ0v) is 8.76. The fourth-order valence-electron chi connectivity index (χ4n) is 2.13. The Morgan fingerprint density at radius 3 is 2.50 bits per heavy atom. The maximum Gasteiger partial charge on any atom is 0.353 e. The largest absolute Gasteiger partial charge is 0.353 e. The average Bonchev–Trinajstić information content (AvgIpc) is 2.41. The van der Waals surface area contributed by atoms with Gasteiger partial charge in [-0.15, -0.1) is 6.42 Å². The molecule has 1 atom stereocenters. The number of terminal acetylenes is 1. The molecule has 16 heavy (non-hydrogen) atoms. The van der Waals surface area contributed by atoms with Crippen LogP contribution in [-0.2, 0) is 14.2 Å². The molecule has 82 valence electrons. The average molecular weight is 216 g/mol. The van der Waals surface area contributed by atoms with Crippen LogP contribution in [0.2, 0.25) is 0 Å². The van der Waals surface area contributed by atoms with Crippen LogP contribution >= 0.6 is 0 Å². The van der Waals surface area contributed by atoms with Crippen molar-refractivity contribution in [2.45, 2.75) is 12.1 Å². The van der Waals surface area contributed by atoms with E-state index in [1.807, 2.05) is 30.3 Å². The van der Waals surface area contributed by atoms with E-state index in [4.69, 9.17) is 20.6 Å². The van der Waals surface area contributed by atoms with Crippen LogP contribution < -0.4 is 0 Å². The van der Waals surface area contributed by atoms with Crippen LogP contribution in [-0.4, -0.2) is 19.2 Å². The topological polar surface area (TPSA) is 27.7 Å². The zero-order valence-electron chi connectivity index (χ0n) is 8.76. The number of rotatable bonds is 1. The van der Waals surface area contributed by atoms with Crippen molar-refractivity contribution in [3.05, 3.63) is 35.9 Å². The number of hydrogen-bond acceptors (Lipinski definition) is 3. The minimum Gasteiger partial charge on any atom is -0.316 e. The van der Waals surface area contributed by atoms with Gasteiger partial charge in [0.1, 0.15) is 0 Å². The van der Waals surface area contributed by atoms with Crippen molar-refractivity contribution in [3.8, 4) is 12.3 Å². The van der Waals surface area contributed by atoms with E-state index in [0.717, 1.165) is 5.56 Å². The van der Waals surface area contributed by atoms with Gasteiger partial charge in [-0.05, 0) is 11.5 Å². The normalized spacial score (nSPS) is 36.9. The van der Waals surface area contributed by atoms with E-state index in [-0.39, 0.29) is 12.0 Å².